The van der Waals surface area contributed by atoms with Crippen molar-refractivity contribution >= 4 is 61.9 Å². The van der Waals surface area contributed by atoms with Gasteiger partial charge in [-0.05, 0) is 40.2 Å². The highest BCUT2D eigenvalue weighted by Gasteiger charge is 2.33. The number of aromatic hydroxyl groups is 2. The largest absolute Gasteiger partial charge is 0.507 e. The van der Waals surface area contributed by atoms with Crippen LogP contribution in [0.4, 0.5) is 5.69 Å². The minimum absolute atomic E-state index is 0.0727. The third kappa shape index (κ3) is 3.12. The Balaban J connectivity index is 1.98. The number of benzene rings is 2. The van der Waals surface area contributed by atoms with Crippen molar-refractivity contribution in [1.29, 1.82) is 0 Å². The van der Waals surface area contributed by atoms with E-state index in [0.29, 0.717) is 24.9 Å². The molecule has 0 radical (unpaired) electrons. The van der Waals surface area contributed by atoms with Gasteiger partial charge in [0.2, 0.25) is 0 Å². The van der Waals surface area contributed by atoms with Crippen LogP contribution in [0.1, 0.15) is 5.56 Å². The number of thioether (sulfide) groups is 1. The SMILES string of the molecule is O=C1/C(=C\c2cc(Br)c(O)cc2O)SC(=S)N1c1ccccc1. The molecule has 0 aliphatic carbocycles. The number of halogens is 1. The molecule has 0 bridgehead atoms. The van der Waals surface area contributed by atoms with E-state index in [0.717, 1.165) is 0 Å². The lowest BCUT2D eigenvalue weighted by Crippen LogP contribution is -2.27. The summed E-state index contributed by atoms with van der Waals surface area (Å²) < 4.78 is 0.866. The molecule has 0 spiro atoms. The van der Waals surface area contributed by atoms with E-state index in [4.69, 9.17) is 12.2 Å². The highest BCUT2D eigenvalue weighted by atomic mass is 79.9. The average Bonchev–Trinajstić information content (AvgIpc) is 2.80. The van der Waals surface area contributed by atoms with E-state index in [1.54, 1.807) is 12.1 Å². The topological polar surface area (TPSA) is 60.8 Å². The lowest BCUT2D eigenvalue weighted by atomic mass is 10.1. The Morgan fingerprint density at radius 1 is 1.13 bits per heavy atom. The second kappa shape index (κ2) is 6.35. The normalized spacial score (nSPS) is 16.4. The molecule has 116 valence electrons. The van der Waals surface area contributed by atoms with Crippen LogP contribution in [0.15, 0.2) is 51.8 Å². The van der Waals surface area contributed by atoms with Crippen LogP contribution >= 0.6 is 39.9 Å². The van der Waals surface area contributed by atoms with Crippen LogP contribution in [0.5, 0.6) is 11.5 Å². The summed E-state index contributed by atoms with van der Waals surface area (Å²) in [5.74, 6) is -0.429. The molecule has 1 heterocycles. The molecule has 3 rings (SSSR count). The van der Waals surface area contributed by atoms with Gasteiger partial charge in [-0.25, -0.2) is 0 Å². The second-order valence-corrected chi connectivity index (χ2v) is 7.25. The number of phenolic OH excluding ortho intramolecular Hbond substituents is 2. The zero-order valence-electron chi connectivity index (χ0n) is 11.6. The van der Waals surface area contributed by atoms with Gasteiger partial charge in [0.15, 0.2) is 4.32 Å². The number of hydrogen-bond acceptors (Lipinski definition) is 5. The van der Waals surface area contributed by atoms with Gasteiger partial charge in [-0.2, -0.15) is 0 Å². The molecular formula is C16H10BrNO3S2. The lowest BCUT2D eigenvalue weighted by molar-refractivity contribution is -0.113. The van der Waals surface area contributed by atoms with Crippen LogP contribution in [0.25, 0.3) is 6.08 Å². The fourth-order valence-corrected chi connectivity index (χ4v) is 3.74. The molecular weight excluding hydrogens is 398 g/mol. The Morgan fingerprint density at radius 3 is 2.52 bits per heavy atom. The van der Waals surface area contributed by atoms with Crippen LogP contribution in [-0.2, 0) is 4.79 Å². The van der Waals surface area contributed by atoms with Gasteiger partial charge in [0.1, 0.15) is 11.5 Å². The number of anilines is 1. The molecule has 1 aliphatic heterocycles. The number of amides is 1. The minimum Gasteiger partial charge on any atom is -0.507 e. The fourth-order valence-electron chi connectivity index (χ4n) is 2.09. The minimum atomic E-state index is -0.241. The molecule has 1 aliphatic rings. The first-order valence-corrected chi connectivity index (χ1v) is 8.53. The first-order valence-electron chi connectivity index (χ1n) is 6.52. The zero-order valence-corrected chi connectivity index (χ0v) is 14.8. The molecule has 0 saturated carbocycles. The first kappa shape index (κ1) is 16.0. The molecule has 7 heteroatoms. The molecule has 0 atom stereocenters. The van der Waals surface area contributed by atoms with E-state index in [2.05, 4.69) is 15.9 Å². The second-order valence-electron chi connectivity index (χ2n) is 4.72. The number of nitrogens with zero attached hydrogens (tertiary/aromatic N) is 1. The van der Waals surface area contributed by atoms with Crippen molar-refractivity contribution in [1.82, 2.24) is 0 Å². The van der Waals surface area contributed by atoms with E-state index in [9.17, 15) is 15.0 Å². The molecule has 1 amide bonds. The molecule has 4 nitrogen and oxygen atoms in total. The van der Waals surface area contributed by atoms with Gasteiger partial charge in [-0.15, -0.1) is 0 Å². The van der Waals surface area contributed by atoms with E-state index < -0.39 is 0 Å². The van der Waals surface area contributed by atoms with Crippen LogP contribution < -0.4 is 4.90 Å². The Morgan fingerprint density at radius 2 is 1.83 bits per heavy atom. The van der Waals surface area contributed by atoms with Gasteiger partial charge in [0.25, 0.3) is 5.91 Å². The summed E-state index contributed by atoms with van der Waals surface area (Å²) in [7, 11) is 0. The predicted molar refractivity (Wildman–Crippen MR) is 99.6 cm³/mol. The van der Waals surface area contributed by atoms with Gasteiger partial charge in [-0.3, -0.25) is 9.69 Å². The van der Waals surface area contributed by atoms with Crippen molar-refractivity contribution in [2.75, 3.05) is 4.90 Å². The number of hydrogen-bond donors (Lipinski definition) is 2. The van der Waals surface area contributed by atoms with Gasteiger partial charge in [0.05, 0.1) is 15.1 Å². The monoisotopic (exact) mass is 407 g/mol. The van der Waals surface area contributed by atoms with E-state index >= 15 is 0 Å². The van der Waals surface area contributed by atoms with Gasteiger partial charge in [-0.1, -0.05) is 42.2 Å². The zero-order chi connectivity index (χ0) is 16.6. The first-order chi connectivity index (χ1) is 11.0. The molecule has 0 aromatic heterocycles. The number of thiocarbonyl (C=S) groups is 1. The number of rotatable bonds is 2. The summed E-state index contributed by atoms with van der Waals surface area (Å²) in [5.41, 5.74) is 1.12. The number of carbonyl (C=O) groups excluding carboxylic acids is 1. The molecule has 2 aromatic rings. The third-order valence-electron chi connectivity index (χ3n) is 3.19. The van der Waals surface area contributed by atoms with Crippen molar-refractivity contribution in [3.05, 3.63) is 57.4 Å². The standard InChI is InChI=1S/C16H10BrNO3S2/c17-11-6-9(12(19)8-13(11)20)7-14-15(21)18(16(22)23-14)10-4-2-1-3-5-10/h1-8,19-20H/b14-7+. The summed E-state index contributed by atoms with van der Waals surface area (Å²) in [6.07, 6.45) is 1.56. The number of phenols is 2. The average molecular weight is 408 g/mol. The summed E-state index contributed by atoms with van der Waals surface area (Å²) >= 11 is 9.64. The number of carbonyl (C=O) groups is 1. The molecule has 2 aromatic carbocycles. The summed E-state index contributed by atoms with van der Waals surface area (Å²) in [4.78, 5) is 14.5. The van der Waals surface area contributed by atoms with Crippen molar-refractivity contribution in [3.8, 4) is 11.5 Å². The van der Waals surface area contributed by atoms with Crippen LogP contribution in [0.2, 0.25) is 0 Å². The third-order valence-corrected chi connectivity index (χ3v) is 5.13. The van der Waals surface area contributed by atoms with E-state index in [-0.39, 0.29) is 17.4 Å². The molecule has 1 fully saturated rings. The summed E-state index contributed by atoms with van der Waals surface area (Å²) in [5, 5.41) is 19.5. The Bertz CT molecular complexity index is 837. The van der Waals surface area contributed by atoms with Gasteiger partial charge in [0, 0.05) is 11.6 Å². The summed E-state index contributed by atoms with van der Waals surface area (Å²) in [6, 6.07) is 11.9. The maximum atomic E-state index is 12.6. The van der Waals surface area contributed by atoms with Crippen molar-refractivity contribution in [2.45, 2.75) is 0 Å². The van der Waals surface area contributed by atoms with Crippen molar-refractivity contribution in [2.24, 2.45) is 0 Å². The predicted octanol–water partition coefficient (Wildman–Crippen LogP) is 4.27. The van der Waals surface area contributed by atoms with Crippen molar-refractivity contribution in [3.63, 3.8) is 0 Å². The van der Waals surface area contributed by atoms with Gasteiger partial charge >= 0.3 is 0 Å². The highest BCUT2D eigenvalue weighted by molar-refractivity contribution is 9.10. The van der Waals surface area contributed by atoms with Gasteiger partial charge < -0.3 is 10.2 Å². The Hall–Kier alpha value is -1.83. The maximum absolute atomic E-state index is 12.6. The van der Waals surface area contributed by atoms with Crippen LogP contribution in [0, 0.1) is 0 Å². The number of para-hydroxylation sites is 1. The molecule has 0 unspecified atom stereocenters. The van der Waals surface area contributed by atoms with Crippen molar-refractivity contribution < 1.29 is 15.0 Å². The molecule has 1 saturated heterocycles. The molecule has 2 N–H and O–H groups in total. The fraction of sp³-hybridized carbons (Fsp3) is 0. The van der Waals surface area contributed by atoms with Crippen LogP contribution in [0.3, 0.4) is 0 Å². The highest BCUT2D eigenvalue weighted by Crippen LogP contribution is 2.38. The lowest BCUT2D eigenvalue weighted by Gasteiger charge is -2.13. The van der Waals surface area contributed by atoms with E-state index in [1.807, 2.05) is 30.3 Å². The smallest absolute Gasteiger partial charge is 0.270 e. The van der Waals surface area contributed by atoms with E-state index in [1.165, 1.54) is 22.7 Å². The van der Waals surface area contributed by atoms with Crippen LogP contribution in [-0.4, -0.2) is 20.4 Å². The maximum Gasteiger partial charge on any atom is 0.270 e. The Kier molecular flexibility index (Phi) is 4.43. The Labute approximate surface area is 150 Å². The summed E-state index contributed by atoms with van der Waals surface area (Å²) in [6.45, 7) is 0. The molecule has 23 heavy (non-hydrogen) atoms. The quantitative estimate of drug-likeness (QED) is 0.574.